The van der Waals surface area contributed by atoms with Crippen molar-refractivity contribution in [2.45, 2.75) is 50.7 Å². The van der Waals surface area contributed by atoms with Crippen LogP contribution in [0.25, 0.3) is 0 Å². The molecule has 4 nitrogen and oxygen atoms in total. The fourth-order valence-corrected chi connectivity index (χ4v) is 4.15. The van der Waals surface area contributed by atoms with E-state index in [0.717, 1.165) is 11.7 Å². The van der Waals surface area contributed by atoms with E-state index in [0.29, 0.717) is 11.6 Å². The van der Waals surface area contributed by atoms with Crippen LogP contribution in [-0.2, 0) is 6.54 Å². The van der Waals surface area contributed by atoms with Crippen molar-refractivity contribution >= 4 is 16.9 Å². The molecule has 5 heteroatoms. The Bertz CT molecular complexity index is 420. The van der Waals surface area contributed by atoms with Gasteiger partial charge in [-0.25, -0.2) is 4.98 Å². The molecular formula is C13H20N4S. The average molecular weight is 264 g/mol. The van der Waals surface area contributed by atoms with Gasteiger partial charge in [0.25, 0.3) is 0 Å². The lowest BCUT2D eigenvalue weighted by atomic mass is 10.0. The van der Waals surface area contributed by atoms with E-state index >= 15 is 0 Å². The fourth-order valence-electron chi connectivity index (χ4n) is 2.84. The second-order valence-electron chi connectivity index (χ2n) is 5.44. The van der Waals surface area contributed by atoms with Gasteiger partial charge >= 0.3 is 0 Å². The predicted octanol–water partition coefficient (Wildman–Crippen LogP) is 2.28. The maximum absolute atomic E-state index is 4.79. The Balaban J connectivity index is 1.59. The second-order valence-corrected chi connectivity index (χ2v) is 6.41. The van der Waals surface area contributed by atoms with Gasteiger partial charge in [-0.2, -0.15) is 0 Å². The lowest BCUT2D eigenvalue weighted by Gasteiger charge is -2.22. The normalized spacial score (nSPS) is 25.7. The SMILES string of the molecule is CC(Cn1ccnc1)N=C1NC2(CCCC2)CS1. The van der Waals surface area contributed by atoms with Crippen LogP contribution < -0.4 is 5.32 Å². The van der Waals surface area contributed by atoms with Crippen LogP contribution in [0.3, 0.4) is 0 Å². The fraction of sp³-hybridized carbons (Fsp3) is 0.692. The first kappa shape index (κ1) is 12.1. The number of hydrogen-bond acceptors (Lipinski definition) is 3. The van der Waals surface area contributed by atoms with Gasteiger partial charge in [-0.1, -0.05) is 24.6 Å². The van der Waals surface area contributed by atoms with Gasteiger partial charge in [0.2, 0.25) is 0 Å². The molecule has 1 aliphatic heterocycles. The molecule has 1 aliphatic carbocycles. The maximum Gasteiger partial charge on any atom is 0.157 e. The molecule has 2 aliphatic rings. The highest BCUT2D eigenvalue weighted by molar-refractivity contribution is 8.14. The zero-order valence-electron chi connectivity index (χ0n) is 10.8. The van der Waals surface area contributed by atoms with Crippen molar-refractivity contribution in [1.29, 1.82) is 0 Å². The summed E-state index contributed by atoms with van der Waals surface area (Å²) in [5, 5.41) is 4.81. The van der Waals surface area contributed by atoms with Gasteiger partial charge in [0.15, 0.2) is 5.17 Å². The van der Waals surface area contributed by atoms with Crippen molar-refractivity contribution in [2.75, 3.05) is 5.75 Å². The molecule has 0 aromatic carbocycles. The van der Waals surface area contributed by atoms with Gasteiger partial charge in [-0.05, 0) is 19.8 Å². The van der Waals surface area contributed by atoms with Crippen LogP contribution in [0.15, 0.2) is 23.7 Å². The number of nitrogens with zero attached hydrogens (tertiary/aromatic N) is 3. The molecule has 1 atom stereocenters. The number of amidine groups is 1. The Morgan fingerprint density at radius 1 is 1.56 bits per heavy atom. The van der Waals surface area contributed by atoms with Crippen LogP contribution in [0.2, 0.25) is 0 Å². The predicted molar refractivity (Wildman–Crippen MR) is 75.9 cm³/mol. The third kappa shape index (κ3) is 2.55. The number of imidazole rings is 1. The first-order valence-electron chi connectivity index (χ1n) is 6.70. The molecule has 2 fully saturated rings. The molecule has 1 spiro atoms. The summed E-state index contributed by atoms with van der Waals surface area (Å²) in [7, 11) is 0. The molecule has 18 heavy (non-hydrogen) atoms. The van der Waals surface area contributed by atoms with E-state index in [1.807, 2.05) is 30.5 Å². The smallest absolute Gasteiger partial charge is 0.157 e. The van der Waals surface area contributed by atoms with Crippen molar-refractivity contribution in [3.63, 3.8) is 0 Å². The second kappa shape index (κ2) is 4.96. The minimum atomic E-state index is 0.297. The van der Waals surface area contributed by atoms with E-state index in [1.165, 1.54) is 31.4 Å². The number of aromatic nitrogens is 2. The molecule has 1 saturated carbocycles. The van der Waals surface area contributed by atoms with Crippen molar-refractivity contribution in [2.24, 2.45) is 4.99 Å². The van der Waals surface area contributed by atoms with Crippen LogP contribution in [0.4, 0.5) is 0 Å². The zero-order valence-corrected chi connectivity index (χ0v) is 11.6. The summed E-state index contributed by atoms with van der Waals surface area (Å²) in [4.78, 5) is 8.85. The van der Waals surface area contributed by atoms with Crippen LogP contribution >= 0.6 is 11.8 Å². The van der Waals surface area contributed by atoms with E-state index in [2.05, 4.69) is 21.8 Å². The number of rotatable bonds is 3. The number of aliphatic imine (C=N–C) groups is 1. The number of hydrogen-bond donors (Lipinski definition) is 1. The summed E-state index contributed by atoms with van der Waals surface area (Å²) in [6, 6.07) is 0.297. The van der Waals surface area contributed by atoms with Crippen molar-refractivity contribution in [3.8, 4) is 0 Å². The molecule has 0 bridgehead atoms. The first-order chi connectivity index (χ1) is 8.76. The molecule has 3 rings (SSSR count). The molecule has 0 radical (unpaired) electrons. The summed E-state index contributed by atoms with van der Waals surface area (Å²) in [5.41, 5.74) is 0.373. The average Bonchev–Trinajstić information content (AvgIpc) is 3.04. The molecule has 1 aromatic heterocycles. The highest BCUT2D eigenvalue weighted by Gasteiger charge is 2.39. The number of thioether (sulfide) groups is 1. The molecule has 1 unspecified atom stereocenters. The molecule has 1 N–H and O–H groups in total. The Labute approximate surface area is 112 Å². The Kier molecular flexibility index (Phi) is 3.33. The van der Waals surface area contributed by atoms with E-state index in [1.54, 1.807) is 0 Å². The van der Waals surface area contributed by atoms with Crippen LogP contribution in [0.5, 0.6) is 0 Å². The van der Waals surface area contributed by atoms with Crippen LogP contribution in [0.1, 0.15) is 32.6 Å². The quantitative estimate of drug-likeness (QED) is 0.910. The van der Waals surface area contributed by atoms with Crippen molar-refractivity contribution in [3.05, 3.63) is 18.7 Å². The van der Waals surface area contributed by atoms with Gasteiger partial charge < -0.3 is 9.88 Å². The lowest BCUT2D eigenvalue weighted by Crippen LogP contribution is -2.41. The summed E-state index contributed by atoms with van der Waals surface area (Å²) < 4.78 is 2.08. The van der Waals surface area contributed by atoms with Gasteiger partial charge in [-0.15, -0.1) is 0 Å². The summed E-state index contributed by atoms with van der Waals surface area (Å²) >= 11 is 1.89. The third-order valence-corrected chi connectivity index (χ3v) is 4.97. The van der Waals surface area contributed by atoms with Crippen LogP contribution in [0, 0.1) is 0 Å². The monoisotopic (exact) mass is 264 g/mol. The molecule has 98 valence electrons. The standard InChI is InChI=1S/C13H20N4S/c1-11(8-17-7-6-14-10-17)15-12-16-13(9-18-12)4-2-3-5-13/h6-7,10-11H,2-5,8-9H2,1H3,(H,15,16). The van der Waals surface area contributed by atoms with Gasteiger partial charge in [0.05, 0.1) is 12.4 Å². The lowest BCUT2D eigenvalue weighted by molar-refractivity contribution is 0.451. The van der Waals surface area contributed by atoms with Gasteiger partial charge in [-0.3, -0.25) is 4.99 Å². The van der Waals surface area contributed by atoms with Gasteiger partial charge in [0, 0.05) is 30.2 Å². The third-order valence-electron chi connectivity index (χ3n) is 3.79. The van der Waals surface area contributed by atoms with Crippen molar-refractivity contribution in [1.82, 2.24) is 14.9 Å². The minimum absolute atomic E-state index is 0.297. The topological polar surface area (TPSA) is 42.2 Å². The van der Waals surface area contributed by atoms with E-state index in [-0.39, 0.29) is 0 Å². The summed E-state index contributed by atoms with van der Waals surface area (Å²) in [6.45, 7) is 3.06. The largest absolute Gasteiger partial charge is 0.359 e. The molecule has 1 aromatic rings. The molecular weight excluding hydrogens is 244 g/mol. The maximum atomic E-state index is 4.79. The van der Waals surface area contributed by atoms with E-state index < -0.39 is 0 Å². The number of nitrogens with one attached hydrogen (secondary N) is 1. The van der Waals surface area contributed by atoms with Gasteiger partial charge in [0.1, 0.15) is 0 Å². The highest BCUT2D eigenvalue weighted by atomic mass is 32.2. The summed E-state index contributed by atoms with van der Waals surface area (Å²) in [5.74, 6) is 1.20. The van der Waals surface area contributed by atoms with E-state index in [9.17, 15) is 0 Å². The summed E-state index contributed by atoms with van der Waals surface area (Å²) in [6.07, 6.45) is 11.0. The minimum Gasteiger partial charge on any atom is -0.359 e. The molecule has 0 amide bonds. The molecule has 2 heterocycles. The first-order valence-corrected chi connectivity index (χ1v) is 7.69. The zero-order chi connectivity index (χ0) is 12.4. The van der Waals surface area contributed by atoms with E-state index in [4.69, 9.17) is 4.99 Å². The Morgan fingerprint density at radius 3 is 3.11 bits per heavy atom. The Morgan fingerprint density at radius 2 is 2.39 bits per heavy atom. The molecule has 1 saturated heterocycles. The van der Waals surface area contributed by atoms with Crippen molar-refractivity contribution < 1.29 is 0 Å². The van der Waals surface area contributed by atoms with Crippen LogP contribution in [-0.4, -0.2) is 32.1 Å². The Hall–Kier alpha value is -0.970. The highest BCUT2D eigenvalue weighted by Crippen LogP contribution is 2.37.